The van der Waals surface area contributed by atoms with Crippen LogP contribution in [0.1, 0.15) is 44.8 Å². The highest BCUT2D eigenvalue weighted by Gasteiger charge is 2.06. The molecule has 0 fully saturated rings. The third-order valence-electron chi connectivity index (χ3n) is 2.25. The number of hydrogen-bond donors (Lipinski definition) is 0. The molecule has 0 spiro atoms. The summed E-state index contributed by atoms with van der Waals surface area (Å²) in [5.41, 5.74) is 1.12. The second kappa shape index (κ2) is 4.29. The summed E-state index contributed by atoms with van der Waals surface area (Å²) in [6.07, 6.45) is 7.77. The molecule has 0 aliphatic carbocycles. The van der Waals surface area contributed by atoms with Crippen LogP contribution in [-0.4, -0.2) is 9.55 Å². The Kier molecular flexibility index (Phi) is 3.32. The lowest BCUT2D eigenvalue weighted by atomic mass is 10.1. The Hall–Kier alpha value is -0.790. The van der Waals surface area contributed by atoms with Crippen LogP contribution >= 0.6 is 0 Å². The minimum Gasteiger partial charge on any atom is -0.334 e. The predicted octanol–water partition coefficient (Wildman–Crippen LogP) is 2.94. The van der Waals surface area contributed by atoms with Crippen molar-refractivity contribution in [2.45, 2.75) is 46.1 Å². The van der Waals surface area contributed by atoms with Crippen molar-refractivity contribution in [1.29, 1.82) is 0 Å². The molecule has 1 aromatic heterocycles. The van der Waals surface area contributed by atoms with Crippen molar-refractivity contribution >= 4 is 0 Å². The molecule has 0 saturated heterocycles. The van der Waals surface area contributed by atoms with Gasteiger partial charge >= 0.3 is 0 Å². The summed E-state index contributed by atoms with van der Waals surface area (Å²) >= 11 is 0. The van der Waals surface area contributed by atoms with Gasteiger partial charge in [0.15, 0.2) is 0 Å². The van der Waals surface area contributed by atoms with Gasteiger partial charge in [-0.25, -0.2) is 4.98 Å². The van der Waals surface area contributed by atoms with E-state index in [9.17, 15) is 0 Å². The SMILES string of the molecule is CCCC(CC)n1cnc(C)c1. The first-order valence-corrected chi connectivity index (χ1v) is 4.78. The van der Waals surface area contributed by atoms with Crippen LogP contribution in [0.2, 0.25) is 0 Å². The Morgan fingerprint density at radius 2 is 2.25 bits per heavy atom. The predicted molar refractivity (Wildman–Crippen MR) is 51.2 cm³/mol. The summed E-state index contributed by atoms with van der Waals surface area (Å²) < 4.78 is 2.23. The number of aromatic nitrogens is 2. The molecule has 0 saturated carbocycles. The molecule has 0 aliphatic rings. The number of nitrogens with zero attached hydrogens (tertiary/aromatic N) is 2. The summed E-state index contributed by atoms with van der Waals surface area (Å²) in [6, 6.07) is 0.649. The lowest BCUT2D eigenvalue weighted by molar-refractivity contribution is 0.447. The van der Waals surface area contributed by atoms with Gasteiger partial charge in [-0.3, -0.25) is 0 Å². The molecule has 0 aliphatic heterocycles. The van der Waals surface area contributed by atoms with Crippen molar-refractivity contribution in [3.63, 3.8) is 0 Å². The van der Waals surface area contributed by atoms with E-state index in [0.717, 1.165) is 5.69 Å². The molecule has 1 aromatic rings. The summed E-state index contributed by atoms with van der Waals surface area (Å²) in [7, 11) is 0. The van der Waals surface area contributed by atoms with Crippen molar-refractivity contribution in [2.75, 3.05) is 0 Å². The van der Waals surface area contributed by atoms with Crippen LogP contribution in [0.4, 0.5) is 0 Å². The van der Waals surface area contributed by atoms with Gasteiger partial charge in [0.05, 0.1) is 12.0 Å². The Labute approximate surface area is 74.6 Å². The second-order valence-electron chi connectivity index (χ2n) is 3.31. The minimum atomic E-state index is 0.649. The molecule has 1 heterocycles. The van der Waals surface area contributed by atoms with Gasteiger partial charge in [-0.15, -0.1) is 0 Å². The lowest BCUT2D eigenvalue weighted by Gasteiger charge is -2.14. The maximum atomic E-state index is 4.23. The van der Waals surface area contributed by atoms with E-state index in [1.54, 1.807) is 0 Å². The first-order chi connectivity index (χ1) is 5.77. The van der Waals surface area contributed by atoms with Crippen molar-refractivity contribution in [3.8, 4) is 0 Å². The van der Waals surface area contributed by atoms with Crippen LogP contribution in [0, 0.1) is 6.92 Å². The normalized spacial score (nSPS) is 13.2. The van der Waals surface area contributed by atoms with Crippen LogP contribution in [0.15, 0.2) is 12.5 Å². The van der Waals surface area contributed by atoms with Crippen molar-refractivity contribution in [2.24, 2.45) is 0 Å². The van der Waals surface area contributed by atoms with E-state index in [4.69, 9.17) is 0 Å². The van der Waals surface area contributed by atoms with Gasteiger partial charge < -0.3 is 4.57 Å². The van der Waals surface area contributed by atoms with Gasteiger partial charge in [-0.2, -0.15) is 0 Å². The minimum absolute atomic E-state index is 0.649. The maximum Gasteiger partial charge on any atom is 0.0951 e. The molecule has 2 heteroatoms. The fourth-order valence-corrected chi connectivity index (χ4v) is 1.54. The molecule has 12 heavy (non-hydrogen) atoms. The average Bonchev–Trinajstić information content (AvgIpc) is 2.47. The largest absolute Gasteiger partial charge is 0.334 e. The molecule has 2 nitrogen and oxygen atoms in total. The summed E-state index contributed by atoms with van der Waals surface area (Å²) in [5, 5.41) is 0. The Bertz CT molecular complexity index is 227. The van der Waals surface area contributed by atoms with Gasteiger partial charge in [0.2, 0.25) is 0 Å². The summed E-state index contributed by atoms with van der Waals surface area (Å²) in [4.78, 5) is 4.23. The quantitative estimate of drug-likeness (QED) is 0.672. The zero-order chi connectivity index (χ0) is 8.97. The van der Waals surface area contributed by atoms with Crippen molar-refractivity contribution in [1.82, 2.24) is 9.55 Å². The molecular formula is C10H18N2. The molecule has 1 unspecified atom stereocenters. The van der Waals surface area contributed by atoms with Crippen molar-refractivity contribution < 1.29 is 0 Å². The van der Waals surface area contributed by atoms with Crippen molar-refractivity contribution in [3.05, 3.63) is 18.2 Å². The van der Waals surface area contributed by atoms with Gasteiger partial charge in [0, 0.05) is 12.2 Å². The third kappa shape index (κ3) is 2.10. The van der Waals surface area contributed by atoms with E-state index in [1.807, 2.05) is 13.3 Å². The number of hydrogen-bond acceptors (Lipinski definition) is 1. The van der Waals surface area contributed by atoms with Gasteiger partial charge in [-0.05, 0) is 19.8 Å². The standard InChI is InChI=1S/C10H18N2/c1-4-6-10(5-2)12-7-9(3)11-8-12/h7-8,10H,4-6H2,1-3H3. The Morgan fingerprint density at radius 3 is 2.67 bits per heavy atom. The zero-order valence-corrected chi connectivity index (χ0v) is 8.25. The van der Waals surface area contributed by atoms with E-state index >= 15 is 0 Å². The average molecular weight is 166 g/mol. The maximum absolute atomic E-state index is 4.23. The Balaban J connectivity index is 2.66. The molecule has 0 amide bonds. The van der Waals surface area contributed by atoms with Crippen LogP contribution in [-0.2, 0) is 0 Å². The summed E-state index contributed by atoms with van der Waals surface area (Å²) in [6.45, 7) is 6.50. The molecule has 68 valence electrons. The molecule has 0 aromatic carbocycles. The topological polar surface area (TPSA) is 17.8 Å². The van der Waals surface area contributed by atoms with Crippen LogP contribution in [0.25, 0.3) is 0 Å². The fraction of sp³-hybridized carbons (Fsp3) is 0.700. The monoisotopic (exact) mass is 166 g/mol. The van der Waals surface area contributed by atoms with Crippen LogP contribution < -0.4 is 0 Å². The molecule has 0 N–H and O–H groups in total. The van der Waals surface area contributed by atoms with E-state index in [-0.39, 0.29) is 0 Å². The molecule has 0 bridgehead atoms. The lowest BCUT2D eigenvalue weighted by Crippen LogP contribution is -2.04. The number of imidazole rings is 1. The number of rotatable bonds is 4. The fourth-order valence-electron chi connectivity index (χ4n) is 1.54. The molecule has 1 rings (SSSR count). The smallest absolute Gasteiger partial charge is 0.0951 e. The third-order valence-corrected chi connectivity index (χ3v) is 2.25. The molecule has 1 atom stereocenters. The number of aryl methyl sites for hydroxylation is 1. The highest BCUT2D eigenvalue weighted by Crippen LogP contribution is 2.17. The highest BCUT2D eigenvalue weighted by atomic mass is 15.1. The van der Waals surface area contributed by atoms with Crippen LogP contribution in [0.5, 0.6) is 0 Å². The first kappa shape index (κ1) is 9.30. The van der Waals surface area contributed by atoms with Crippen LogP contribution in [0.3, 0.4) is 0 Å². The molecule has 0 radical (unpaired) electrons. The van der Waals surface area contributed by atoms with Gasteiger partial charge in [0.25, 0.3) is 0 Å². The Morgan fingerprint density at radius 1 is 1.50 bits per heavy atom. The zero-order valence-electron chi connectivity index (χ0n) is 8.25. The molecular weight excluding hydrogens is 148 g/mol. The van der Waals surface area contributed by atoms with E-state index in [0.29, 0.717) is 6.04 Å². The highest BCUT2D eigenvalue weighted by molar-refractivity contribution is 4.94. The van der Waals surface area contributed by atoms with Gasteiger partial charge in [0.1, 0.15) is 0 Å². The van der Waals surface area contributed by atoms with E-state index in [1.165, 1.54) is 19.3 Å². The van der Waals surface area contributed by atoms with Gasteiger partial charge in [-0.1, -0.05) is 20.3 Å². The summed E-state index contributed by atoms with van der Waals surface area (Å²) in [5.74, 6) is 0. The van der Waals surface area contributed by atoms with E-state index in [2.05, 4.69) is 29.6 Å². The van der Waals surface area contributed by atoms with E-state index < -0.39 is 0 Å². The first-order valence-electron chi connectivity index (χ1n) is 4.78. The second-order valence-corrected chi connectivity index (χ2v) is 3.31.